The summed E-state index contributed by atoms with van der Waals surface area (Å²) in [6.45, 7) is -2.28. The average molecular weight is 614 g/mol. The number of thiazole rings is 1. The quantitative estimate of drug-likeness (QED) is 0.327. The molecule has 43 heavy (non-hydrogen) atoms. The van der Waals surface area contributed by atoms with E-state index in [1.807, 2.05) is 4.90 Å². The van der Waals surface area contributed by atoms with Crippen LogP contribution >= 0.6 is 11.3 Å². The van der Waals surface area contributed by atoms with Crippen LogP contribution in [-0.4, -0.2) is 100 Å². The Morgan fingerprint density at radius 3 is 2.88 bits per heavy atom. The second-order valence-corrected chi connectivity index (χ2v) is 11.9. The number of aliphatic imine (C=N–C) groups is 1. The molecule has 2 saturated heterocycles. The number of ether oxygens (including phenoxy) is 1. The van der Waals surface area contributed by atoms with Crippen LogP contribution in [0.1, 0.15) is 49.7 Å². The monoisotopic (exact) mass is 613 g/mol. The van der Waals surface area contributed by atoms with E-state index in [1.165, 1.54) is 22.3 Å². The number of amides is 2. The average Bonchev–Trinajstić information content (AvgIpc) is 3.64. The van der Waals surface area contributed by atoms with Crippen molar-refractivity contribution < 1.29 is 35.5 Å². The first kappa shape index (κ1) is 24.2. The molecule has 2 aromatic rings. The van der Waals surface area contributed by atoms with Gasteiger partial charge in [0.1, 0.15) is 11.9 Å². The third-order valence-electron chi connectivity index (χ3n) is 7.65. The van der Waals surface area contributed by atoms with Gasteiger partial charge in [0.15, 0.2) is 10.8 Å². The number of carbonyl (C=O) groups excluding carboxylic acids is 2. The molecule has 1 aromatic heterocycles. The van der Waals surface area contributed by atoms with Gasteiger partial charge in [-0.1, -0.05) is 12.0 Å². The second kappa shape index (κ2) is 12.1. The maximum atomic E-state index is 14.3. The number of amidine groups is 1. The van der Waals surface area contributed by atoms with Gasteiger partial charge in [-0.05, 0) is 38.4 Å². The number of rotatable bonds is 9. The van der Waals surface area contributed by atoms with Crippen LogP contribution in [0, 0.1) is 23.6 Å². The first-order valence-electron chi connectivity index (χ1n) is 15.9. The van der Waals surface area contributed by atoms with E-state index in [2.05, 4.69) is 21.2 Å². The zero-order valence-corrected chi connectivity index (χ0v) is 24.3. The normalized spacial score (nSPS) is 23.2. The van der Waals surface area contributed by atoms with Crippen molar-refractivity contribution in [2.45, 2.75) is 32.8 Å². The van der Waals surface area contributed by atoms with E-state index in [4.69, 9.17) is 18.0 Å². The number of fused-ring (bicyclic) bond motifs is 1. The molecule has 11 nitrogen and oxygen atoms in total. The molecule has 2 atom stereocenters. The highest BCUT2D eigenvalue weighted by atomic mass is 32.1. The highest BCUT2D eigenvalue weighted by Gasteiger charge is 2.44. The lowest BCUT2D eigenvalue weighted by Gasteiger charge is -2.38. The summed E-state index contributed by atoms with van der Waals surface area (Å²) >= 11 is 1.25. The number of hydrogen-bond acceptors (Lipinski definition) is 9. The van der Waals surface area contributed by atoms with Crippen LogP contribution in [0.15, 0.2) is 46.0 Å². The summed E-state index contributed by atoms with van der Waals surface area (Å²) in [5.41, 5.74) is -0.915. The third-order valence-corrected chi connectivity index (χ3v) is 8.43. The number of aromatic nitrogens is 1. The molecule has 3 aliphatic rings. The summed E-state index contributed by atoms with van der Waals surface area (Å²) in [7, 11) is 0. The molecule has 2 fully saturated rings. The highest BCUT2D eigenvalue weighted by Crippen LogP contribution is 2.35. The summed E-state index contributed by atoms with van der Waals surface area (Å²) in [5, 5.41) is 14.9. The van der Waals surface area contributed by atoms with Gasteiger partial charge in [0.05, 0.1) is 26.3 Å². The van der Waals surface area contributed by atoms with E-state index in [9.17, 15) is 23.9 Å². The number of benzene rings is 1. The Kier molecular flexibility index (Phi) is 6.83. The Bertz CT molecular complexity index is 1720. The lowest BCUT2D eigenvalue weighted by molar-refractivity contribution is -0.147. The number of carbonyl (C=O) groups is 3. The number of carboxylic acids is 1. The third kappa shape index (κ3) is 6.11. The van der Waals surface area contributed by atoms with Crippen molar-refractivity contribution in [3.05, 3.63) is 63.0 Å². The van der Waals surface area contributed by atoms with Crippen molar-refractivity contribution in [3.63, 3.8) is 0 Å². The molecule has 226 valence electrons. The predicted octanol–water partition coefficient (Wildman–Crippen LogP) is 2.70. The zero-order valence-electron chi connectivity index (χ0n) is 28.5. The van der Waals surface area contributed by atoms with Crippen molar-refractivity contribution in [2.75, 3.05) is 45.8 Å². The first-order chi connectivity index (χ1) is 22.4. The van der Waals surface area contributed by atoms with Crippen LogP contribution in [0.25, 0.3) is 0 Å². The van der Waals surface area contributed by atoms with E-state index < -0.39 is 42.6 Å². The maximum Gasteiger partial charge on any atom is 0.338 e. The van der Waals surface area contributed by atoms with E-state index in [0.717, 1.165) is 12.1 Å². The Hall–Kier alpha value is -4.28. The topological polar surface area (TPSA) is 128 Å². The number of nitrogens with one attached hydrogen (secondary N) is 1. The molecule has 1 aromatic carbocycles. The predicted molar refractivity (Wildman–Crippen MR) is 158 cm³/mol. The number of halogens is 1. The van der Waals surface area contributed by atoms with Gasteiger partial charge < -0.3 is 25.0 Å². The molecule has 13 heteroatoms. The van der Waals surface area contributed by atoms with Crippen molar-refractivity contribution in [2.24, 2.45) is 10.4 Å². The Labute approximate surface area is 260 Å². The van der Waals surface area contributed by atoms with Crippen molar-refractivity contribution >= 4 is 35.1 Å². The standard InChI is InChI=1S/C30H33FN6O5S/c1-5-18-13-19(31)7-8-21(18)24-23(27(38)42-6-2)22(33-25(34-24)26-32-9-12-43-26)16-35-10-11-37-20(14-35)15-36(29(37)41)17-30(3,4)28(39)40/h1,7-9,12-13,20,24H,6,10-11,14-17H2,2-4H3,(H,33,34)(H,39,40)/t20-,24-/m0/s1/i2D3,6D2. The number of urea groups is 1. The highest BCUT2D eigenvalue weighted by molar-refractivity contribution is 7.11. The SMILES string of the molecule is [2H]C([2H])([2H])C([2H])([2H])OC(=O)C1=C(CN2CCN3C(=O)N(CC(C)(C)C(=O)O)C[C@@H]3C2)NC(c2nccs2)=N[C@H]1c1ccc(F)cc1C#C. The van der Waals surface area contributed by atoms with Crippen molar-refractivity contribution in [1.82, 2.24) is 25.0 Å². The number of hydrogen-bond donors (Lipinski definition) is 2. The molecular formula is C30H33FN6O5S. The van der Waals surface area contributed by atoms with Gasteiger partial charge in [0.2, 0.25) is 0 Å². The summed E-state index contributed by atoms with van der Waals surface area (Å²) < 4.78 is 57.9. The van der Waals surface area contributed by atoms with Crippen molar-refractivity contribution in [3.8, 4) is 12.3 Å². The lowest BCUT2D eigenvalue weighted by Crippen LogP contribution is -2.53. The van der Waals surface area contributed by atoms with Crippen LogP contribution in [0.2, 0.25) is 0 Å². The summed E-state index contributed by atoms with van der Waals surface area (Å²) in [5.74, 6) is -0.338. The van der Waals surface area contributed by atoms with Gasteiger partial charge in [-0.2, -0.15) is 0 Å². The molecule has 0 aliphatic carbocycles. The van der Waals surface area contributed by atoms with E-state index in [1.54, 1.807) is 30.3 Å². The first-order valence-corrected chi connectivity index (χ1v) is 14.3. The van der Waals surface area contributed by atoms with Crippen molar-refractivity contribution in [1.29, 1.82) is 0 Å². The molecule has 2 N–H and O–H groups in total. The number of terminal acetylenes is 1. The molecule has 2 amide bonds. The van der Waals surface area contributed by atoms with E-state index >= 15 is 0 Å². The molecule has 4 heterocycles. The molecule has 0 unspecified atom stereocenters. The number of piperazine rings is 1. The summed E-state index contributed by atoms with van der Waals surface area (Å²) in [6, 6.07) is 1.74. The maximum absolute atomic E-state index is 14.3. The molecule has 0 saturated carbocycles. The minimum atomic E-state index is -3.37. The fourth-order valence-electron chi connectivity index (χ4n) is 5.51. The van der Waals surface area contributed by atoms with Gasteiger partial charge in [0.25, 0.3) is 0 Å². The Morgan fingerprint density at radius 2 is 2.19 bits per heavy atom. The molecular weight excluding hydrogens is 575 g/mol. The minimum absolute atomic E-state index is 0.0207. The lowest BCUT2D eigenvalue weighted by atomic mass is 9.91. The van der Waals surface area contributed by atoms with Crippen LogP contribution in [0.4, 0.5) is 9.18 Å². The molecule has 0 spiro atoms. The second-order valence-electron chi connectivity index (χ2n) is 11.0. The van der Waals surface area contributed by atoms with Crippen LogP contribution in [-0.2, 0) is 14.3 Å². The van der Waals surface area contributed by atoms with Crippen LogP contribution in [0.5, 0.6) is 0 Å². The number of aliphatic carboxylic acids is 1. The largest absolute Gasteiger partial charge is 0.481 e. The van der Waals surface area contributed by atoms with Gasteiger partial charge in [-0.25, -0.2) is 19.0 Å². The molecule has 0 radical (unpaired) electrons. The Balaban J connectivity index is 1.53. The number of nitrogens with zero attached hydrogens (tertiary/aromatic N) is 5. The van der Waals surface area contributed by atoms with E-state index in [-0.39, 0.29) is 59.9 Å². The summed E-state index contributed by atoms with van der Waals surface area (Å²) in [4.78, 5) is 52.9. The zero-order chi connectivity index (χ0) is 35.2. The Morgan fingerprint density at radius 1 is 1.37 bits per heavy atom. The number of esters is 1. The fourth-order valence-corrected chi connectivity index (χ4v) is 6.10. The minimum Gasteiger partial charge on any atom is -0.481 e. The molecule has 3 aliphatic heterocycles. The fraction of sp³-hybridized carbons (Fsp3) is 0.433. The van der Waals surface area contributed by atoms with E-state index in [0.29, 0.717) is 24.6 Å². The van der Waals surface area contributed by atoms with Gasteiger partial charge >= 0.3 is 18.0 Å². The molecule has 0 bridgehead atoms. The number of carboxylic acid groups (broad SMARTS) is 1. The summed E-state index contributed by atoms with van der Waals surface area (Å²) in [6.07, 6.45) is 7.26. The van der Waals surface area contributed by atoms with Gasteiger partial charge in [0, 0.05) is 66.2 Å². The molecule has 5 rings (SSSR count). The van der Waals surface area contributed by atoms with Gasteiger partial charge in [-0.3, -0.25) is 14.7 Å². The van der Waals surface area contributed by atoms with Crippen LogP contribution in [0.3, 0.4) is 0 Å². The van der Waals surface area contributed by atoms with Gasteiger partial charge in [-0.15, -0.1) is 17.8 Å². The van der Waals surface area contributed by atoms with Crippen LogP contribution < -0.4 is 5.32 Å². The smallest absolute Gasteiger partial charge is 0.338 e.